The second-order valence-electron chi connectivity index (χ2n) is 15.1. The summed E-state index contributed by atoms with van der Waals surface area (Å²) in [5.41, 5.74) is 3.03. The Morgan fingerprint density at radius 1 is 0.898 bits per heavy atom. The molecule has 2 N–H and O–H groups in total. The van der Waals surface area contributed by atoms with Crippen LogP contribution in [-0.4, -0.2) is 56.9 Å². The summed E-state index contributed by atoms with van der Waals surface area (Å²) in [6.45, 7) is 6.79. The Kier molecular flexibility index (Phi) is 11.5. The van der Waals surface area contributed by atoms with E-state index in [1.807, 2.05) is 42.7 Å². The lowest BCUT2D eigenvalue weighted by Gasteiger charge is -2.38. The highest BCUT2D eigenvalue weighted by Gasteiger charge is 2.39. The van der Waals surface area contributed by atoms with Gasteiger partial charge < -0.3 is 15.3 Å². The van der Waals surface area contributed by atoms with Gasteiger partial charge in [0.05, 0.1) is 10.8 Å². The van der Waals surface area contributed by atoms with Crippen molar-refractivity contribution in [2.75, 3.05) is 13.1 Å². The van der Waals surface area contributed by atoms with Gasteiger partial charge in [0.1, 0.15) is 6.04 Å². The third-order valence-electron chi connectivity index (χ3n) is 11.4. The van der Waals surface area contributed by atoms with E-state index in [9.17, 15) is 19.5 Å². The number of carboxylic acids is 1. The Morgan fingerprint density at radius 2 is 1.53 bits per heavy atom. The predicted octanol–water partition coefficient (Wildman–Crippen LogP) is 8.09. The molecule has 2 aromatic heterocycles. The quantitative estimate of drug-likeness (QED) is 0.199. The molecular formula is C40H52N4O4S. The minimum absolute atomic E-state index is 0.158. The number of carbonyl (C=O) groups excluding carboxylic acids is 2. The van der Waals surface area contributed by atoms with Crippen LogP contribution in [0.5, 0.6) is 0 Å². The number of nitrogens with one attached hydrogen (secondary N) is 1. The molecule has 1 aromatic carbocycles. The van der Waals surface area contributed by atoms with Crippen molar-refractivity contribution in [3.63, 3.8) is 0 Å². The Morgan fingerprint density at radius 3 is 2.10 bits per heavy atom. The van der Waals surface area contributed by atoms with E-state index in [0.717, 1.165) is 33.8 Å². The molecule has 0 bridgehead atoms. The van der Waals surface area contributed by atoms with E-state index in [2.05, 4.69) is 26.1 Å². The molecule has 0 unspecified atom stereocenters. The van der Waals surface area contributed by atoms with Gasteiger partial charge in [-0.2, -0.15) is 0 Å². The number of thiophene rings is 1. The van der Waals surface area contributed by atoms with Crippen LogP contribution in [0.3, 0.4) is 0 Å². The molecule has 0 radical (unpaired) electrons. The van der Waals surface area contributed by atoms with Gasteiger partial charge in [-0.05, 0) is 91.4 Å². The molecule has 1 aliphatic heterocycles. The van der Waals surface area contributed by atoms with Gasteiger partial charge in [0.15, 0.2) is 5.82 Å². The minimum Gasteiger partial charge on any atom is -0.481 e. The fourth-order valence-electron chi connectivity index (χ4n) is 8.25. The van der Waals surface area contributed by atoms with Crippen LogP contribution in [0.4, 0.5) is 0 Å². The van der Waals surface area contributed by atoms with Gasteiger partial charge in [-0.1, -0.05) is 70.7 Å². The van der Waals surface area contributed by atoms with E-state index in [-0.39, 0.29) is 24.9 Å². The fraction of sp³-hybridized carbons (Fsp3) is 0.575. The van der Waals surface area contributed by atoms with E-state index in [1.54, 1.807) is 6.07 Å². The van der Waals surface area contributed by atoms with Crippen molar-refractivity contribution in [1.82, 2.24) is 20.2 Å². The molecule has 3 fully saturated rings. The van der Waals surface area contributed by atoms with E-state index in [4.69, 9.17) is 9.97 Å². The summed E-state index contributed by atoms with van der Waals surface area (Å²) in [6.07, 6.45) is 17.9. The molecule has 2 amide bonds. The fourth-order valence-corrected chi connectivity index (χ4v) is 9.17. The zero-order chi connectivity index (χ0) is 34.5. The monoisotopic (exact) mass is 684 g/mol. The largest absolute Gasteiger partial charge is 0.481 e. The third-order valence-corrected chi connectivity index (χ3v) is 12.8. The van der Waals surface area contributed by atoms with E-state index < -0.39 is 17.9 Å². The van der Waals surface area contributed by atoms with E-state index in [1.165, 1.54) is 86.0 Å². The first kappa shape index (κ1) is 35.2. The molecule has 6 rings (SSSR count). The molecule has 0 spiro atoms. The first-order valence-electron chi connectivity index (χ1n) is 18.5. The van der Waals surface area contributed by atoms with Gasteiger partial charge in [0.25, 0.3) is 5.91 Å². The Hall–Kier alpha value is -3.59. The van der Waals surface area contributed by atoms with Crippen LogP contribution in [0.15, 0.2) is 48.8 Å². The summed E-state index contributed by atoms with van der Waals surface area (Å²) < 4.78 is 0. The number of rotatable bonds is 12. The number of likely N-dealkylation sites (tertiary alicyclic amines) is 1. The van der Waals surface area contributed by atoms with Crippen LogP contribution in [0.2, 0.25) is 0 Å². The number of carbonyl (C=O) groups is 3. The highest BCUT2D eigenvalue weighted by molar-refractivity contribution is 7.14. The van der Waals surface area contributed by atoms with Gasteiger partial charge in [-0.15, -0.1) is 11.3 Å². The maximum Gasteiger partial charge on any atom is 0.310 e. The maximum atomic E-state index is 13.5. The number of hydrogen-bond acceptors (Lipinski definition) is 6. The summed E-state index contributed by atoms with van der Waals surface area (Å²) in [6, 6.07) is 10.8. The van der Waals surface area contributed by atoms with Crippen LogP contribution in [0.25, 0.3) is 11.4 Å². The maximum absolute atomic E-state index is 13.5. The van der Waals surface area contributed by atoms with Crippen molar-refractivity contribution in [2.24, 2.45) is 23.7 Å². The summed E-state index contributed by atoms with van der Waals surface area (Å²) in [7, 11) is 0. The second kappa shape index (κ2) is 16.0. The van der Waals surface area contributed by atoms with Crippen molar-refractivity contribution >= 4 is 29.1 Å². The van der Waals surface area contributed by atoms with Crippen LogP contribution in [0, 0.1) is 23.7 Å². The van der Waals surface area contributed by atoms with Gasteiger partial charge in [0.2, 0.25) is 5.91 Å². The smallest absolute Gasteiger partial charge is 0.310 e. The summed E-state index contributed by atoms with van der Waals surface area (Å²) in [5.74, 6) is 2.29. The zero-order valence-electron chi connectivity index (χ0n) is 29.3. The van der Waals surface area contributed by atoms with Crippen LogP contribution < -0.4 is 5.32 Å². The highest BCUT2D eigenvalue weighted by atomic mass is 32.1. The van der Waals surface area contributed by atoms with Gasteiger partial charge >= 0.3 is 5.97 Å². The van der Waals surface area contributed by atoms with Crippen molar-refractivity contribution < 1.29 is 19.5 Å². The lowest BCUT2D eigenvalue weighted by atomic mass is 9.68. The number of aromatic nitrogens is 2. The van der Waals surface area contributed by atoms with Gasteiger partial charge in [0, 0.05) is 42.3 Å². The molecule has 2 aliphatic carbocycles. The molecule has 9 heteroatoms. The van der Waals surface area contributed by atoms with Crippen LogP contribution in [0.1, 0.15) is 122 Å². The van der Waals surface area contributed by atoms with Gasteiger partial charge in [-0.25, -0.2) is 9.97 Å². The molecule has 3 aliphatic rings. The number of carboxylic acid groups (broad SMARTS) is 1. The number of aliphatic carboxylic acids is 1. The molecule has 1 atom stereocenters. The number of hydrogen-bond donors (Lipinski definition) is 2. The molecule has 1 saturated heterocycles. The molecule has 3 heterocycles. The lowest BCUT2D eigenvalue weighted by molar-refractivity contribution is -0.153. The van der Waals surface area contributed by atoms with Gasteiger partial charge in [-0.3, -0.25) is 14.4 Å². The summed E-state index contributed by atoms with van der Waals surface area (Å²) in [4.78, 5) is 50.7. The first-order chi connectivity index (χ1) is 23.7. The minimum atomic E-state index is -0.905. The molecule has 8 nitrogen and oxygen atoms in total. The Bertz CT molecular complexity index is 1560. The second-order valence-corrected chi connectivity index (χ2v) is 16.2. The zero-order valence-corrected chi connectivity index (χ0v) is 30.1. The van der Waals surface area contributed by atoms with Crippen LogP contribution in [-0.2, 0) is 16.0 Å². The molecular weight excluding hydrogens is 633 g/mol. The van der Waals surface area contributed by atoms with Crippen LogP contribution >= 0.6 is 11.3 Å². The SMILES string of the molecule is CCCC1CCC(C2CCC(c3cnc(-c4ccc(C[C@H](NC(=O)c5ccc(C(C)C)s5)C(=O)N5CC(C(=O)O)C5)cc4)nc3)CC2)CC1. The Balaban J connectivity index is 1.05. The summed E-state index contributed by atoms with van der Waals surface area (Å²) in [5, 5.41) is 12.3. The normalized spacial score (nSPS) is 23.6. The van der Waals surface area contributed by atoms with Crippen molar-refractivity contribution in [1.29, 1.82) is 0 Å². The lowest BCUT2D eigenvalue weighted by Crippen LogP contribution is -2.59. The Labute approximate surface area is 295 Å². The van der Waals surface area contributed by atoms with E-state index >= 15 is 0 Å². The average Bonchev–Trinajstić information content (AvgIpc) is 3.60. The first-order valence-corrected chi connectivity index (χ1v) is 19.3. The number of benzene rings is 1. The standard InChI is InChI=1S/C40H52N4O4S/c1-4-5-26-6-10-28(11-7-26)29-14-16-30(17-15-29)32-21-41-37(42-22-32)31-12-8-27(9-13-31)20-34(39(46)44-23-33(24-44)40(47)48)43-38(45)36-19-18-35(49-36)25(2)3/h8-9,12-13,18-19,21-22,25-26,28-30,33-34H,4-7,10-11,14-17,20,23-24H2,1-3H3,(H,43,45)(H,47,48)/t26?,28?,29?,30?,34-/m0/s1. The molecule has 2 saturated carbocycles. The highest BCUT2D eigenvalue weighted by Crippen LogP contribution is 2.44. The van der Waals surface area contributed by atoms with E-state index in [0.29, 0.717) is 29.0 Å². The molecule has 49 heavy (non-hydrogen) atoms. The molecule has 3 aromatic rings. The van der Waals surface area contributed by atoms with Crippen molar-refractivity contribution in [3.05, 3.63) is 69.7 Å². The third kappa shape index (κ3) is 8.59. The molecule has 262 valence electrons. The number of amides is 2. The number of nitrogens with zero attached hydrogens (tertiary/aromatic N) is 3. The van der Waals surface area contributed by atoms with Crippen molar-refractivity contribution in [3.8, 4) is 11.4 Å². The predicted molar refractivity (Wildman–Crippen MR) is 194 cm³/mol. The van der Waals surface area contributed by atoms with Crippen molar-refractivity contribution in [2.45, 2.75) is 109 Å². The topological polar surface area (TPSA) is 112 Å². The summed E-state index contributed by atoms with van der Waals surface area (Å²) >= 11 is 1.43. The average molecular weight is 685 g/mol.